The summed E-state index contributed by atoms with van der Waals surface area (Å²) < 4.78 is 5.41. The van der Waals surface area contributed by atoms with Crippen LogP contribution in [0.3, 0.4) is 0 Å². The molecule has 0 bridgehead atoms. The second kappa shape index (κ2) is 4.60. The molecule has 2 fully saturated rings. The lowest BCUT2D eigenvalue weighted by atomic mass is 10.1. The first-order valence-corrected chi connectivity index (χ1v) is 5.79. The van der Waals surface area contributed by atoms with Gasteiger partial charge in [0.05, 0.1) is 6.10 Å². The molecule has 3 nitrogen and oxygen atoms in total. The molecule has 1 saturated carbocycles. The summed E-state index contributed by atoms with van der Waals surface area (Å²) in [5, 5.41) is 3.44. The normalized spacial score (nSPS) is 39.4. The van der Waals surface area contributed by atoms with Gasteiger partial charge < -0.3 is 10.1 Å². The van der Waals surface area contributed by atoms with Crippen LogP contribution in [-0.2, 0) is 4.74 Å². The minimum atomic E-state index is 0.480. The molecule has 82 valence electrons. The van der Waals surface area contributed by atoms with Gasteiger partial charge in [0.2, 0.25) is 0 Å². The van der Waals surface area contributed by atoms with E-state index in [0.717, 1.165) is 12.6 Å². The molecule has 1 N–H and O–H groups in total. The molecule has 2 rings (SSSR count). The molecule has 0 aromatic carbocycles. The zero-order chi connectivity index (χ0) is 9.97. The Morgan fingerprint density at radius 1 is 1.29 bits per heavy atom. The largest absolute Gasteiger partial charge is 0.380 e. The zero-order valence-electron chi connectivity index (χ0n) is 9.33. The third-order valence-electron chi connectivity index (χ3n) is 3.83. The molecule has 0 aromatic rings. The quantitative estimate of drug-likeness (QED) is 0.727. The predicted molar refractivity (Wildman–Crippen MR) is 57.5 cm³/mol. The van der Waals surface area contributed by atoms with Crippen LogP contribution in [0, 0.1) is 0 Å². The molecule has 1 heterocycles. The van der Waals surface area contributed by atoms with Crippen molar-refractivity contribution in [1.29, 1.82) is 0 Å². The maximum absolute atomic E-state index is 5.41. The number of likely N-dealkylation sites (tertiary alicyclic amines) is 1. The van der Waals surface area contributed by atoms with Crippen molar-refractivity contribution in [3.63, 3.8) is 0 Å². The van der Waals surface area contributed by atoms with E-state index < -0.39 is 0 Å². The van der Waals surface area contributed by atoms with Gasteiger partial charge in [0.15, 0.2) is 0 Å². The highest BCUT2D eigenvalue weighted by atomic mass is 16.5. The molecule has 3 atom stereocenters. The van der Waals surface area contributed by atoms with E-state index in [4.69, 9.17) is 4.74 Å². The molecule has 0 spiro atoms. The van der Waals surface area contributed by atoms with Crippen LogP contribution in [0.15, 0.2) is 0 Å². The minimum Gasteiger partial charge on any atom is -0.380 e. The van der Waals surface area contributed by atoms with Gasteiger partial charge in [-0.25, -0.2) is 0 Å². The van der Waals surface area contributed by atoms with Crippen molar-refractivity contribution in [3.8, 4) is 0 Å². The highest BCUT2D eigenvalue weighted by Gasteiger charge is 2.35. The second-order valence-corrected chi connectivity index (χ2v) is 4.53. The summed E-state index contributed by atoms with van der Waals surface area (Å²) in [5.74, 6) is 0. The van der Waals surface area contributed by atoms with Crippen molar-refractivity contribution in [2.75, 3.05) is 27.2 Å². The van der Waals surface area contributed by atoms with Crippen LogP contribution in [-0.4, -0.2) is 50.3 Å². The van der Waals surface area contributed by atoms with Gasteiger partial charge in [0.1, 0.15) is 0 Å². The standard InChI is InChI=1S/C11H22N2O/c1-12-10-4-3-5-11(10)13-7-6-9(8-13)14-2/h9-12H,3-8H2,1-2H3/t9-,10+,11-/m0/s1. The van der Waals surface area contributed by atoms with E-state index in [2.05, 4.69) is 17.3 Å². The minimum absolute atomic E-state index is 0.480. The summed E-state index contributed by atoms with van der Waals surface area (Å²) in [7, 11) is 3.92. The van der Waals surface area contributed by atoms with Crippen LogP contribution in [0.4, 0.5) is 0 Å². The summed E-state index contributed by atoms with van der Waals surface area (Å²) in [6.07, 6.45) is 5.78. The molecule has 1 aliphatic carbocycles. The second-order valence-electron chi connectivity index (χ2n) is 4.53. The third-order valence-corrected chi connectivity index (χ3v) is 3.83. The van der Waals surface area contributed by atoms with Crippen LogP contribution in [0.5, 0.6) is 0 Å². The lowest BCUT2D eigenvalue weighted by Gasteiger charge is -2.29. The van der Waals surface area contributed by atoms with Crippen molar-refractivity contribution >= 4 is 0 Å². The summed E-state index contributed by atoms with van der Waals surface area (Å²) in [6, 6.07) is 1.48. The van der Waals surface area contributed by atoms with E-state index in [1.165, 1.54) is 32.2 Å². The van der Waals surface area contributed by atoms with Gasteiger partial charge in [-0.3, -0.25) is 4.90 Å². The summed E-state index contributed by atoms with van der Waals surface area (Å²) >= 11 is 0. The van der Waals surface area contributed by atoms with E-state index in [1.807, 2.05) is 7.11 Å². The Labute approximate surface area is 86.8 Å². The van der Waals surface area contributed by atoms with E-state index >= 15 is 0 Å². The highest BCUT2D eigenvalue weighted by molar-refractivity contribution is 4.93. The van der Waals surface area contributed by atoms with E-state index in [-0.39, 0.29) is 0 Å². The summed E-state index contributed by atoms with van der Waals surface area (Å²) in [5.41, 5.74) is 0. The average Bonchev–Trinajstić information content (AvgIpc) is 2.85. The lowest BCUT2D eigenvalue weighted by molar-refractivity contribution is 0.0984. The fourth-order valence-corrected chi connectivity index (χ4v) is 2.96. The van der Waals surface area contributed by atoms with Crippen molar-refractivity contribution < 1.29 is 4.74 Å². The van der Waals surface area contributed by atoms with Crippen molar-refractivity contribution in [2.45, 2.75) is 43.9 Å². The maximum Gasteiger partial charge on any atom is 0.0710 e. The van der Waals surface area contributed by atoms with Crippen molar-refractivity contribution in [1.82, 2.24) is 10.2 Å². The molecule has 0 unspecified atom stereocenters. The Morgan fingerprint density at radius 3 is 2.79 bits per heavy atom. The molecule has 1 aliphatic heterocycles. The Hall–Kier alpha value is -0.120. The van der Waals surface area contributed by atoms with Crippen molar-refractivity contribution in [2.24, 2.45) is 0 Å². The van der Waals surface area contributed by atoms with Crippen molar-refractivity contribution in [3.05, 3.63) is 0 Å². The van der Waals surface area contributed by atoms with Gasteiger partial charge in [-0.2, -0.15) is 0 Å². The first-order valence-electron chi connectivity index (χ1n) is 5.79. The van der Waals surface area contributed by atoms with Crippen LogP contribution in [0.1, 0.15) is 25.7 Å². The number of hydrogen-bond donors (Lipinski definition) is 1. The van der Waals surface area contributed by atoms with Gasteiger partial charge in [-0.1, -0.05) is 6.42 Å². The van der Waals surface area contributed by atoms with Crippen LogP contribution < -0.4 is 5.32 Å². The van der Waals surface area contributed by atoms with Crippen LogP contribution >= 0.6 is 0 Å². The molecular weight excluding hydrogens is 176 g/mol. The van der Waals surface area contributed by atoms with Gasteiger partial charge >= 0.3 is 0 Å². The Morgan fingerprint density at radius 2 is 2.14 bits per heavy atom. The third kappa shape index (κ3) is 1.95. The monoisotopic (exact) mass is 198 g/mol. The number of methoxy groups -OCH3 is 1. The Balaban J connectivity index is 1.89. The molecular formula is C11H22N2O. The molecule has 0 radical (unpaired) electrons. The van der Waals surface area contributed by atoms with E-state index in [0.29, 0.717) is 12.1 Å². The molecule has 2 aliphatic rings. The smallest absolute Gasteiger partial charge is 0.0710 e. The molecule has 0 aromatic heterocycles. The van der Waals surface area contributed by atoms with E-state index in [9.17, 15) is 0 Å². The topological polar surface area (TPSA) is 24.5 Å². The maximum atomic E-state index is 5.41. The number of ether oxygens (including phenoxy) is 1. The van der Waals surface area contributed by atoms with Gasteiger partial charge in [0.25, 0.3) is 0 Å². The zero-order valence-corrected chi connectivity index (χ0v) is 9.33. The number of nitrogens with zero attached hydrogens (tertiary/aromatic N) is 1. The van der Waals surface area contributed by atoms with Crippen LogP contribution in [0.2, 0.25) is 0 Å². The number of hydrogen-bond acceptors (Lipinski definition) is 3. The predicted octanol–water partition coefficient (Wildman–Crippen LogP) is 0.848. The van der Waals surface area contributed by atoms with Gasteiger partial charge in [-0.05, 0) is 26.3 Å². The molecule has 0 amide bonds. The summed E-state index contributed by atoms with van der Waals surface area (Å²) in [4.78, 5) is 2.61. The lowest BCUT2D eigenvalue weighted by Crippen LogP contribution is -2.45. The summed E-state index contributed by atoms with van der Waals surface area (Å²) in [6.45, 7) is 2.36. The number of likely N-dealkylation sites (N-methyl/N-ethyl adjacent to an activating group) is 1. The number of nitrogens with one attached hydrogen (secondary N) is 1. The first-order chi connectivity index (χ1) is 6.85. The highest BCUT2D eigenvalue weighted by Crippen LogP contribution is 2.27. The molecule has 14 heavy (non-hydrogen) atoms. The molecule has 3 heteroatoms. The fraction of sp³-hybridized carbons (Fsp3) is 1.00. The van der Waals surface area contributed by atoms with Gasteiger partial charge in [-0.15, -0.1) is 0 Å². The Kier molecular flexibility index (Phi) is 3.42. The van der Waals surface area contributed by atoms with Crippen LogP contribution in [0.25, 0.3) is 0 Å². The SMILES string of the molecule is CN[C@@H]1CCC[C@@H]1N1CC[C@H](OC)C1. The molecule has 1 saturated heterocycles. The number of rotatable bonds is 3. The van der Waals surface area contributed by atoms with Gasteiger partial charge in [0, 0.05) is 32.3 Å². The fourth-order valence-electron chi connectivity index (χ4n) is 2.96. The van der Waals surface area contributed by atoms with E-state index in [1.54, 1.807) is 0 Å². The first kappa shape index (κ1) is 10.4. The Bertz CT molecular complexity index is 186. The average molecular weight is 198 g/mol.